The largest absolute Gasteiger partial charge is 0.333 e. The number of amides is 1. The molecule has 2 aromatic rings. The van der Waals surface area contributed by atoms with Crippen molar-refractivity contribution in [1.29, 1.82) is 0 Å². The first-order valence-corrected chi connectivity index (χ1v) is 7.85. The van der Waals surface area contributed by atoms with Crippen LogP contribution in [-0.4, -0.2) is 28.7 Å². The minimum atomic E-state index is -0.343. The van der Waals surface area contributed by atoms with Crippen molar-refractivity contribution in [2.75, 3.05) is 6.54 Å². The van der Waals surface area contributed by atoms with Crippen molar-refractivity contribution in [3.63, 3.8) is 0 Å². The lowest BCUT2D eigenvalue weighted by Crippen LogP contribution is -2.46. The predicted molar refractivity (Wildman–Crippen MR) is 92.6 cm³/mol. The quantitative estimate of drug-likeness (QED) is 0.776. The lowest BCUT2D eigenvalue weighted by molar-refractivity contribution is 0.0574. The van der Waals surface area contributed by atoms with Crippen LogP contribution < -0.4 is 0 Å². The summed E-state index contributed by atoms with van der Waals surface area (Å²) in [6.45, 7) is 6.37. The summed E-state index contributed by atoms with van der Waals surface area (Å²) >= 11 is 0. The van der Waals surface area contributed by atoms with E-state index in [1.165, 1.54) is 0 Å². The summed E-state index contributed by atoms with van der Waals surface area (Å²) in [5.74, 6) is 0.0136. The van der Waals surface area contributed by atoms with Crippen molar-refractivity contribution in [2.45, 2.75) is 32.7 Å². The second-order valence-corrected chi connectivity index (χ2v) is 6.53. The minimum Gasteiger partial charge on any atom is -0.333 e. The molecule has 0 N–H and O–H groups in total. The summed E-state index contributed by atoms with van der Waals surface area (Å²) in [6, 6.07) is 18.4. The Kier molecular flexibility index (Phi) is 5.32. The number of nitrogens with zero attached hydrogens (tertiary/aromatic N) is 1. The molecular formula is C20H23NO2. The third-order valence-electron chi connectivity index (χ3n) is 3.73. The fourth-order valence-electron chi connectivity index (χ4n) is 2.46. The van der Waals surface area contributed by atoms with E-state index in [1.807, 2.05) is 69.3 Å². The number of hydrogen-bond donors (Lipinski definition) is 0. The SMILES string of the molecule is CC(C)(C)N(CCC(=O)c1ccccc1)C(=O)c1ccccc1. The van der Waals surface area contributed by atoms with Crippen molar-refractivity contribution in [3.05, 3.63) is 71.8 Å². The molecule has 0 fully saturated rings. The highest BCUT2D eigenvalue weighted by Gasteiger charge is 2.27. The highest BCUT2D eigenvalue weighted by molar-refractivity contribution is 5.97. The number of benzene rings is 2. The Balaban J connectivity index is 2.11. The molecule has 0 aromatic heterocycles. The van der Waals surface area contributed by atoms with Gasteiger partial charge in [-0.15, -0.1) is 0 Å². The molecule has 0 aliphatic carbocycles. The van der Waals surface area contributed by atoms with Crippen molar-refractivity contribution >= 4 is 11.7 Å². The van der Waals surface area contributed by atoms with Crippen molar-refractivity contribution in [1.82, 2.24) is 4.90 Å². The van der Waals surface area contributed by atoms with Crippen LogP contribution in [0.5, 0.6) is 0 Å². The van der Waals surface area contributed by atoms with Crippen LogP contribution in [-0.2, 0) is 0 Å². The van der Waals surface area contributed by atoms with Crippen molar-refractivity contribution < 1.29 is 9.59 Å². The Bertz CT molecular complexity index is 657. The van der Waals surface area contributed by atoms with Gasteiger partial charge in [0, 0.05) is 29.6 Å². The van der Waals surface area contributed by atoms with Gasteiger partial charge < -0.3 is 4.90 Å². The van der Waals surface area contributed by atoms with Gasteiger partial charge >= 0.3 is 0 Å². The number of carbonyl (C=O) groups excluding carboxylic acids is 2. The Morgan fingerprint density at radius 2 is 1.30 bits per heavy atom. The van der Waals surface area contributed by atoms with E-state index in [4.69, 9.17) is 0 Å². The standard InChI is InChI=1S/C20H23NO2/c1-20(2,3)21(19(23)17-12-8-5-9-13-17)15-14-18(22)16-10-6-4-7-11-16/h4-13H,14-15H2,1-3H3. The van der Waals surface area contributed by atoms with Gasteiger partial charge in [-0.25, -0.2) is 0 Å². The molecule has 0 aliphatic heterocycles. The number of rotatable bonds is 5. The maximum absolute atomic E-state index is 12.8. The molecule has 0 saturated carbocycles. The molecule has 2 rings (SSSR count). The number of Topliss-reactive ketones (excluding diaryl/α,β-unsaturated/α-hetero) is 1. The smallest absolute Gasteiger partial charge is 0.254 e. The lowest BCUT2D eigenvalue weighted by Gasteiger charge is -2.35. The molecule has 3 heteroatoms. The number of hydrogen-bond acceptors (Lipinski definition) is 2. The van der Waals surface area contributed by atoms with E-state index < -0.39 is 0 Å². The van der Waals surface area contributed by atoms with E-state index >= 15 is 0 Å². The Morgan fingerprint density at radius 3 is 1.78 bits per heavy atom. The molecule has 0 aliphatic rings. The van der Waals surface area contributed by atoms with Crippen LogP contribution in [0.15, 0.2) is 60.7 Å². The fourth-order valence-corrected chi connectivity index (χ4v) is 2.46. The molecule has 2 aromatic carbocycles. The van der Waals surface area contributed by atoms with E-state index in [2.05, 4.69) is 0 Å². The first-order chi connectivity index (χ1) is 10.9. The minimum absolute atomic E-state index is 0.0426. The summed E-state index contributed by atoms with van der Waals surface area (Å²) in [5.41, 5.74) is 0.993. The van der Waals surface area contributed by atoms with Crippen LogP contribution in [0.2, 0.25) is 0 Å². The third-order valence-corrected chi connectivity index (χ3v) is 3.73. The van der Waals surface area contributed by atoms with E-state index in [0.717, 1.165) is 0 Å². The summed E-state index contributed by atoms with van der Waals surface area (Å²) in [4.78, 5) is 26.8. The first-order valence-electron chi connectivity index (χ1n) is 7.85. The molecule has 0 radical (unpaired) electrons. The highest BCUT2D eigenvalue weighted by atomic mass is 16.2. The molecule has 3 nitrogen and oxygen atoms in total. The molecule has 1 amide bonds. The van der Waals surface area contributed by atoms with Crippen LogP contribution in [0.25, 0.3) is 0 Å². The molecule has 0 spiro atoms. The molecule has 0 heterocycles. The van der Waals surface area contributed by atoms with Gasteiger partial charge in [0.2, 0.25) is 0 Å². The van der Waals surface area contributed by atoms with Crippen LogP contribution in [0, 0.1) is 0 Å². The van der Waals surface area contributed by atoms with E-state index in [0.29, 0.717) is 24.1 Å². The van der Waals surface area contributed by atoms with E-state index in [-0.39, 0.29) is 17.2 Å². The van der Waals surface area contributed by atoms with Gasteiger partial charge in [0.15, 0.2) is 5.78 Å². The molecule has 0 unspecified atom stereocenters. The maximum Gasteiger partial charge on any atom is 0.254 e. The summed E-state index contributed by atoms with van der Waals surface area (Å²) in [7, 11) is 0. The van der Waals surface area contributed by atoms with E-state index in [1.54, 1.807) is 17.0 Å². The molecule has 23 heavy (non-hydrogen) atoms. The Hall–Kier alpha value is -2.42. The zero-order chi connectivity index (χ0) is 16.9. The number of ketones is 1. The monoisotopic (exact) mass is 309 g/mol. The van der Waals surface area contributed by atoms with Gasteiger partial charge in [0.05, 0.1) is 0 Å². The summed E-state index contributed by atoms with van der Waals surface area (Å²) in [5, 5.41) is 0. The molecule has 120 valence electrons. The van der Waals surface area contributed by atoms with Crippen LogP contribution in [0.4, 0.5) is 0 Å². The van der Waals surface area contributed by atoms with Crippen LogP contribution in [0.1, 0.15) is 47.9 Å². The zero-order valence-corrected chi connectivity index (χ0v) is 14.0. The van der Waals surface area contributed by atoms with Gasteiger partial charge in [-0.05, 0) is 32.9 Å². The van der Waals surface area contributed by atoms with Crippen LogP contribution in [0.3, 0.4) is 0 Å². The highest BCUT2D eigenvalue weighted by Crippen LogP contribution is 2.18. The molecule has 0 bridgehead atoms. The fraction of sp³-hybridized carbons (Fsp3) is 0.300. The molecular weight excluding hydrogens is 286 g/mol. The predicted octanol–water partition coefficient (Wildman–Crippen LogP) is 4.20. The third kappa shape index (κ3) is 4.52. The van der Waals surface area contributed by atoms with Gasteiger partial charge in [-0.2, -0.15) is 0 Å². The summed E-state index contributed by atoms with van der Waals surface area (Å²) in [6.07, 6.45) is 0.319. The second kappa shape index (κ2) is 7.23. The number of carbonyl (C=O) groups is 2. The van der Waals surface area contributed by atoms with Crippen molar-refractivity contribution in [3.8, 4) is 0 Å². The molecule has 0 atom stereocenters. The Labute approximate surface area is 137 Å². The summed E-state index contributed by atoms with van der Waals surface area (Å²) < 4.78 is 0. The van der Waals surface area contributed by atoms with E-state index in [9.17, 15) is 9.59 Å². The first kappa shape index (κ1) is 16.9. The Morgan fingerprint density at radius 1 is 0.826 bits per heavy atom. The second-order valence-electron chi connectivity index (χ2n) is 6.53. The lowest BCUT2D eigenvalue weighted by atomic mass is 10.0. The van der Waals surface area contributed by atoms with Gasteiger partial charge in [0.1, 0.15) is 0 Å². The van der Waals surface area contributed by atoms with Gasteiger partial charge in [0.25, 0.3) is 5.91 Å². The normalized spacial score (nSPS) is 11.1. The molecule has 0 saturated heterocycles. The van der Waals surface area contributed by atoms with Gasteiger partial charge in [-0.1, -0.05) is 48.5 Å². The average molecular weight is 309 g/mol. The topological polar surface area (TPSA) is 37.4 Å². The van der Waals surface area contributed by atoms with Gasteiger partial charge in [-0.3, -0.25) is 9.59 Å². The maximum atomic E-state index is 12.8. The van der Waals surface area contributed by atoms with Crippen molar-refractivity contribution in [2.24, 2.45) is 0 Å². The average Bonchev–Trinajstić information content (AvgIpc) is 2.55. The van der Waals surface area contributed by atoms with Crippen LogP contribution >= 0.6 is 0 Å². The zero-order valence-electron chi connectivity index (χ0n) is 14.0.